The first kappa shape index (κ1) is 15.3. The Hall–Kier alpha value is -3.06. The zero-order valence-corrected chi connectivity index (χ0v) is 12.2. The molecule has 2 aromatic carbocycles. The van der Waals surface area contributed by atoms with Gasteiger partial charge in [0.25, 0.3) is 0 Å². The van der Waals surface area contributed by atoms with Crippen molar-refractivity contribution >= 4 is 17.9 Å². The van der Waals surface area contributed by atoms with Crippen molar-refractivity contribution in [3.05, 3.63) is 60.2 Å². The maximum absolute atomic E-state index is 11.5. The van der Waals surface area contributed by atoms with Crippen LogP contribution in [0.1, 0.15) is 5.56 Å². The lowest BCUT2D eigenvalue weighted by Gasteiger charge is -1.98. The molecule has 0 saturated carbocycles. The molecule has 2 aromatic rings. The summed E-state index contributed by atoms with van der Waals surface area (Å²) in [6.45, 7) is 0.0301. The Balaban J connectivity index is 1.80. The SMILES string of the molecule is COc1ccc(N=CC(=O)OCC#Cc2ccccc2)cc1. The van der Waals surface area contributed by atoms with Crippen molar-refractivity contribution in [2.24, 2.45) is 4.99 Å². The number of hydrogen-bond donors (Lipinski definition) is 0. The molecule has 0 aromatic heterocycles. The first-order chi connectivity index (χ1) is 10.8. The Labute approximate surface area is 129 Å². The van der Waals surface area contributed by atoms with Crippen molar-refractivity contribution in [3.8, 4) is 17.6 Å². The molecule has 0 atom stereocenters. The van der Waals surface area contributed by atoms with Crippen molar-refractivity contribution in [2.75, 3.05) is 13.7 Å². The van der Waals surface area contributed by atoms with E-state index in [-0.39, 0.29) is 6.61 Å². The second-order valence-corrected chi connectivity index (χ2v) is 4.23. The molecule has 4 nitrogen and oxygen atoms in total. The molecule has 0 amide bonds. The number of aliphatic imine (C=N–C) groups is 1. The summed E-state index contributed by atoms with van der Waals surface area (Å²) in [6.07, 6.45) is 1.13. The number of methoxy groups -OCH3 is 1. The minimum absolute atomic E-state index is 0.0301. The van der Waals surface area contributed by atoms with Crippen LogP contribution in [-0.2, 0) is 9.53 Å². The van der Waals surface area contributed by atoms with Gasteiger partial charge in [-0.15, -0.1) is 0 Å². The fraction of sp³-hybridized carbons (Fsp3) is 0.111. The van der Waals surface area contributed by atoms with Crippen molar-refractivity contribution in [2.45, 2.75) is 0 Å². The van der Waals surface area contributed by atoms with E-state index in [4.69, 9.17) is 9.47 Å². The van der Waals surface area contributed by atoms with Crippen LogP contribution >= 0.6 is 0 Å². The first-order valence-corrected chi connectivity index (χ1v) is 6.67. The zero-order chi connectivity index (χ0) is 15.6. The van der Waals surface area contributed by atoms with Gasteiger partial charge >= 0.3 is 5.97 Å². The van der Waals surface area contributed by atoms with Gasteiger partial charge in [-0.05, 0) is 36.4 Å². The molecule has 0 bridgehead atoms. The van der Waals surface area contributed by atoms with Gasteiger partial charge in [0.15, 0.2) is 6.61 Å². The summed E-state index contributed by atoms with van der Waals surface area (Å²) >= 11 is 0. The topological polar surface area (TPSA) is 47.9 Å². The van der Waals surface area contributed by atoms with Gasteiger partial charge in [-0.1, -0.05) is 30.0 Å². The third-order valence-corrected chi connectivity index (χ3v) is 2.68. The highest BCUT2D eigenvalue weighted by molar-refractivity contribution is 6.23. The number of hydrogen-bond acceptors (Lipinski definition) is 4. The van der Waals surface area contributed by atoms with Crippen molar-refractivity contribution in [1.82, 2.24) is 0 Å². The van der Waals surface area contributed by atoms with Crippen LogP contribution < -0.4 is 4.74 Å². The molecule has 0 spiro atoms. The summed E-state index contributed by atoms with van der Waals surface area (Å²) in [5.74, 6) is 5.88. The molecule has 0 saturated heterocycles. The maximum atomic E-state index is 11.5. The van der Waals surface area contributed by atoms with Crippen LogP contribution in [0.4, 0.5) is 5.69 Å². The van der Waals surface area contributed by atoms with Crippen molar-refractivity contribution in [3.63, 3.8) is 0 Å². The minimum atomic E-state index is -0.529. The van der Waals surface area contributed by atoms with Crippen LogP contribution in [0, 0.1) is 11.8 Å². The quantitative estimate of drug-likeness (QED) is 0.494. The summed E-state index contributed by atoms with van der Waals surface area (Å²) in [6, 6.07) is 16.5. The average molecular weight is 293 g/mol. The van der Waals surface area contributed by atoms with Gasteiger partial charge in [0.1, 0.15) is 12.0 Å². The number of esters is 1. The van der Waals surface area contributed by atoms with Gasteiger partial charge in [0.2, 0.25) is 0 Å². The summed E-state index contributed by atoms with van der Waals surface area (Å²) in [5.41, 5.74) is 1.53. The lowest BCUT2D eigenvalue weighted by atomic mass is 10.2. The van der Waals surface area contributed by atoms with Gasteiger partial charge in [-0.3, -0.25) is 0 Å². The Morgan fingerprint density at radius 3 is 2.55 bits per heavy atom. The number of ether oxygens (including phenoxy) is 2. The summed E-state index contributed by atoms with van der Waals surface area (Å²) in [4.78, 5) is 15.5. The highest BCUT2D eigenvalue weighted by Gasteiger charge is 1.96. The highest BCUT2D eigenvalue weighted by Crippen LogP contribution is 2.16. The van der Waals surface area contributed by atoms with Gasteiger partial charge < -0.3 is 9.47 Å². The fourth-order valence-corrected chi connectivity index (χ4v) is 1.60. The van der Waals surface area contributed by atoms with E-state index in [1.165, 1.54) is 0 Å². The standard InChI is InChI=1S/C18H15NO3/c1-21-17-11-9-16(10-12-17)19-14-18(20)22-13-5-8-15-6-3-2-4-7-15/h2-4,6-7,9-12,14H,13H2,1H3. The first-order valence-electron chi connectivity index (χ1n) is 6.67. The number of nitrogens with zero attached hydrogens (tertiary/aromatic N) is 1. The van der Waals surface area contributed by atoms with Gasteiger partial charge in [-0.2, -0.15) is 0 Å². The smallest absolute Gasteiger partial charge is 0.350 e. The molecule has 0 unspecified atom stereocenters. The Bertz CT molecular complexity index is 695. The van der Waals surface area contributed by atoms with E-state index in [0.717, 1.165) is 17.5 Å². The van der Waals surface area contributed by atoms with Crippen LogP contribution in [0.5, 0.6) is 5.75 Å². The van der Waals surface area contributed by atoms with E-state index in [1.54, 1.807) is 31.4 Å². The lowest BCUT2D eigenvalue weighted by Crippen LogP contribution is -2.05. The molecule has 0 N–H and O–H groups in total. The van der Waals surface area contributed by atoms with Gasteiger partial charge in [0.05, 0.1) is 12.8 Å². The summed E-state index contributed by atoms with van der Waals surface area (Å²) < 4.78 is 9.98. The molecule has 2 rings (SSSR count). The van der Waals surface area contributed by atoms with Crippen LogP contribution in [0.15, 0.2) is 59.6 Å². The summed E-state index contributed by atoms with van der Waals surface area (Å²) in [7, 11) is 1.59. The Kier molecular flexibility index (Phi) is 5.77. The van der Waals surface area contributed by atoms with E-state index in [2.05, 4.69) is 16.8 Å². The molecular weight excluding hydrogens is 278 g/mol. The molecule has 0 heterocycles. The normalized spacial score (nSPS) is 9.86. The molecule has 0 radical (unpaired) electrons. The lowest BCUT2D eigenvalue weighted by molar-refractivity contribution is -0.133. The molecule has 0 fully saturated rings. The predicted octanol–water partition coefficient (Wildman–Crippen LogP) is 2.99. The molecule has 0 aliphatic heterocycles. The zero-order valence-electron chi connectivity index (χ0n) is 12.2. The second-order valence-electron chi connectivity index (χ2n) is 4.23. The Morgan fingerprint density at radius 2 is 1.86 bits per heavy atom. The maximum Gasteiger partial charge on any atom is 0.350 e. The van der Waals surface area contributed by atoms with Crippen molar-refractivity contribution < 1.29 is 14.3 Å². The van der Waals surface area contributed by atoms with E-state index >= 15 is 0 Å². The van der Waals surface area contributed by atoms with E-state index in [9.17, 15) is 4.79 Å². The fourth-order valence-electron chi connectivity index (χ4n) is 1.60. The minimum Gasteiger partial charge on any atom is -0.497 e. The van der Waals surface area contributed by atoms with Crippen LogP contribution in [0.3, 0.4) is 0 Å². The number of benzene rings is 2. The van der Waals surface area contributed by atoms with Crippen LogP contribution in [0.25, 0.3) is 0 Å². The molecule has 22 heavy (non-hydrogen) atoms. The van der Waals surface area contributed by atoms with E-state index < -0.39 is 5.97 Å². The Morgan fingerprint density at radius 1 is 1.14 bits per heavy atom. The highest BCUT2D eigenvalue weighted by atomic mass is 16.5. The van der Waals surface area contributed by atoms with Crippen LogP contribution in [-0.4, -0.2) is 25.9 Å². The third kappa shape index (κ3) is 5.14. The summed E-state index contributed by atoms with van der Waals surface area (Å²) in [5, 5.41) is 0. The molecule has 0 aliphatic rings. The van der Waals surface area contributed by atoms with Crippen molar-refractivity contribution in [1.29, 1.82) is 0 Å². The number of carbonyl (C=O) groups is 1. The molecule has 110 valence electrons. The number of carbonyl (C=O) groups excluding carboxylic acids is 1. The number of rotatable bonds is 4. The van der Waals surface area contributed by atoms with Gasteiger partial charge in [0, 0.05) is 5.56 Å². The average Bonchev–Trinajstić information content (AvgIpc) is 2.58. The van der Waals surface area contributed by atoms with Gasteiger partial charge in [-0.25, -0.2) is 9.79 Å². The third-order valence-electron chi connectivity index (χ3n) is 2.68. The van der Waals surface area contributed by atoms with E-state index in [1.807, 2.05) is 30.3 Å². The largest absolute Gasteiger partial charge is 0.497 e. The molecule has 0 aliphatic carbocycles. The predicted molar refractivity (Wildman–Crippen MR) is 85.4 cm³/mol. The van der Waals surface area contributed by atoms with Crippen LogP contribution in [0.2, 0.25) is 0 Å². The molecule has 4 heteroatoms. The second kappa shape index (κ2) is 8.28. The monoisotopic (exact) mass is 293 g/mol. The van der Waals surface area contributed by atoms with E-state index in [0.29, 0.717) is 5.69 Å². The molecular formula is C18H15NO3.